The molecule has 1 aromatic rings. The van der Waals surface area contributed by atoms with Crippen LogP contribution in [0.25, 0.3) is 0 Å². The molecule has 0 spiro atoms. The third-order valence-electron chi connectivity index (χ3n) is 1.49. The second-order valence-corrected chi connectivity index (χ2v) is 2.19. The van der Waals surface area contributed by atoms with Gasteiger partial charge in [-0.25, -0.2) is 0 Å². The molecule has 1 amide bonds. The highest BCUT2D eigenvalue weighted by Gasteiger charge is 2.09. The van der Waals surface area contributed by atoms with Gasteiger partial charge < -0.3 is 5.73 Å². The number of nitrogens with one attached hydrogen (secondary N) is 1. The summed E-state index contributed by atoms with van der Waals surface area (Å²) in [4.78, 5) is 10.6. The molecule has 4 nitrogen and oxygen atoms in total. The first-order valence-corrected chi connectivity index (χ1v) is 3.94. The van der Waals surface area contributed by atoms with E-state index in [-0.39, 0.29) is 0 Å². The smallest absolute Gasteiger partial charge is 0.269 e. The van der Waals surface area contributed by atoms with Crippen molar-refractivity contribution in [2.75, 3.05) is 0 Å². The monoisotopic (exact) mass is 169 g/mol. The highest BCUT2D eigenvalue weighted by molar-refractivity contribution is 5.92. The molecule has 0 radical (unpaired) electrons. The zero-order valence-electron chi connectivity index (χ0n) is 7.93. The van der Waals surface area contributed by atoms with Crippen molar-refractivity contribution in [1.29, 1.82) is 0 Å². The van der Waals surface area contributed by atoms with Crippen LogP contribution in [0.15, 0.2) is 0 Å². The normalized spacial score (nSPS) is 8.67. The SMILES string of the molecule is CC.Cc1[nH]nc(C(N)=O)c1C. The van der Waals surface area contributed by atoms with Gasteiger partial charge in [-0.2, -0.15) is 5.10 Å². The first kappa shape index (κ1) is 10.7. The van der Waals surface area contributed by atoms with E-state index >= 15 is 0 Å². The van der Waals surface area contributed by atoms with Crippen molar-refractivity contribution in [1.82, 2.24) is 10.2 Å². The summed E-state index contributed by atoms with van der Waals surface area (Å²) in [7, 11) is 0. The Morgan fingerprint density at radius 3 is 2.08 bits per heavy atom. The molecule has 4 heteroatoms. The molecule has 1 rings (SSSR count). The number of rotatable bonds is 1. The maximum Gasteiger partial charge on any atom is 0.269 e. The van der Waals surface area contributed by atoms with E-state index in [1.807, 2.05) is 20.8 Å². The van der Waals surface area contributed by atoms with Crippen LogP contribution >= 0.6 is 0 Å². The molecule has 0 fully saturated rings. The number of aromatic amines is 1. The summed E-state index contributed by atoms with van der Waals surface area (Å²) in [5, 5.41) is 6.38. The van der Waals surface area contributed by atoms with Gasteiger partial charge in [-0.05, 0) is 13.8 Å². The number of hydrogen-bond donors (Lipinski definition) is 2. The molecule has 0 aliphatic rings. The first-order chi connectivity index (χ1) is 5.63. The second kappa shape index (κ2) is 4.54. The van der Waals surface area contributed by atoms with Crippen LogP contribution in [0, 0.1) is 13.8 Å². The number of nitrogens with zero attached hydrogens (tertiary/aromatic N) is 1. The molecule has 0 atom stereocenters. The number of amides is 1. The average molecular weight is 169 g/mol. The van der Waals surface area contributed by atoms with Crippen molar-refractivity contribution in [2.45, 2.75) is 27.7 Å². The summed E-state index contributed by atoms with van der Waals surface area (Å²) in [5.74, 6) is -0.484. The lowest BCUT2D eigenvalue weighted by molar-refractivity contribution is 0.0995. The van der Waals surface area contributed by atoms with Gasteiger partial charge in [0, 0.05) is 11.3 Å². The van der Waals surface area contributed by atoms with E-state index in [9.17, 15) is 4.79 Å². The number of aromatic nitrogens is 2. The summed E-state index contributed by atoms with van der Waals surface area (Å²) < 4.78 is 0. The highest BCUT2D eigenvalue weighted by atomic mass is 16.1. The van der Waals surface area contributed by atoms with Gasteiger partial charge >= 0.3 is 0 Å². The number of H-pyrrole nitrogens is 1. The number of primary amides is 1. The molecule has 0 saturated heterocycles. The molecule has 0 saturated carbocycles. The van der Waals surface area contributed by atoms with Crippen molar-refractivity contribution in [3.05, 3.63) is 17.0 Å². The molecule has 1 aromatic heterocycles. The Bertz CT molecular complexity index is 265. The molecule has 0 unspecified atom stereocenters. The Balaban J connectivity index is 0.000000561. The third kappa shape index (κ3) is 2.08. The van der Waals surface area contributed by atoms with E-state index in [4.69, 9.17) is 5.73 Å². The lowest BCUT2D eigenvalue weighted by Crippen LogP contribution is -2.12. The Kier molecular flexibility index (Phi) is 4.04. The lowest BCUT2D eigenvalue weighted by atomic mass is 10.2. The number of carbonyl (C=O) groups is 1. The summed E-state index contributed by atoms with van der Waals surface area (Å²) in [6.07, 6.45) is 0. The Hall–Kier alpha value is -1.32. The van der Waals surface area contributed by atoms with Gasteiger partial charge in [-0.1, -0.05) is 13.8 Å². The van der Waals surface area contributed by atoms with Gasteiger partial charge in [0.25, 0.3) is 5.91 Å². The molecular formula is C8H15N3O. The van der Waals surface area contributed by atoms with Crippen molar-refractivity contribution in [3.8, 4) is 0 Å². The van der Waals surface area contributed by atoms with Crippen molar-refractivity contribution in [3.63, 3.8) is 0 Å². The van der Waals surface area contributed by atoms with Crippen LogP contribution < -0.4 is 5.73 Å². The number of aryl methyl sites for hydroxylation is 1. The van der Waals surface area contributed by atoms with Gasteiger partial charge in [0.1, 0.15) is 0 Å². The maximum atomic E-state index is 10.6. The Morgan fingerprint density at radius 2 is 1.92 bits per heavy atom. The van der Waals surface area contributed by atoms with E-state index in [0.717, 1.165) is 11.3 Å². The predicted molar refractivity (Wildman–Crippen MR) is 47.9 cm³/mol. The zero-order chi connectivity index (χ0) is 9.72. The van der Waals surface area contributed by atoms with Gasteiger partial charge in [-0.3, -0.25) is 9.89 Å². The summed E-state index contributed by atoms with van der Waals surface area (Å²) >= 11 is 0. The quantitative estimate of drug-likeness (QED) is 0.662. The topological polar surface area (TPSA) is 71.8 Å². The minimum Gasteiger partial charge on any atom is -0.364 e. The fourth-order valence-corrected chi connectivity index (χ4v) is 0.725. The van der Waals surface area contributed by atoms with Crippen LogP contribution in [0.2, 0.25) is 0 Å². The zero-order valence-corrected chi connectivity index (χ0v) is 7.93. The van der Waals surface area contributed by atoms with Gasteiger partial charge in [0.05, 0.1) is 0 Å². The van der Waals surface area contributed by atoms with Crippen LogP contribution in [0.5, 0.6) is 0 Å². The molecule has 0 aliphatic carbocycles. The number of hydrogen-bond acceptors (Lipinski definition) is 2. The van der Waals surface area contributed by atoms with Crippen molar-refractivity contribution < 1.29 is 4.79 Å². The minimum atomic E-state index is -0.484. The molecular weight excluding hydrogens is 154 g/mol. The average Bonchev–Trinajstić information content (AvgIpc) is 2.37. The van der Waals surface area contributed by atoms with Crippen molar-refractivity contribution >= 4 is 5.91 Å². The molecule has 12 heavy (non-hydrogen) atoms. The van der Waals surface area contributed by atoms with Gasteiger partial charge in [0.15, 0.2) is 5.69 Å². The lowest BCUT2D eigenvalue weighted by Gasteiger charge is -1.88. The predicted octanol–water partition coefficient (Wildman–Crippen LogP) is 1.15. The Morgan fingerprint density at radius 1 is 1.42 bits per heavy atom. The van der Waals surface area contributed by atoms with E-state index in [2.05, 4.69) is 10.2 Å². The molecule has 0 bridgehead atoms. The van der Waals surface area contributed by atoms with E-state index < -0.39 is 5.91 Å². The van der Waals surface area contributed by atoms with Crippen LogP contribution in [0.3, 0.4) is 0 Å². The standard InChI is InChI=1S/C6H9N3O.C2H6/c1-3-4(2)8-9-5(3)6(7)10;1-2/h1-2H3,(H2,7,10)(H,8,9);1-2H3. The largest absolute Gasteiger partial charge is 0.364 e. The third-order valence-corrected chi connectivity index (χ3v) is 1.49. The van der Waals surface area contributed by atoms with Gasteiger partial charge in [0.2, 0.25) is 0 Å². The highest BCUT2D eigenvalue weighted by Crippen LogP contribution is 2.06. The van der Waals surface area contributed by atoms with E-state index in [1.54, 1.807) is 6.92 Å². The van der Waals surface area contributed by atoms with Crippen LogP contribution in [0.4, 0.5) is 0 Å². The summed E-state index contributed by atoms with van der Waals surface area (Å²) in [5.41, 5.74) is 7.05. The summed E-state index contributed by atoms with van der Waals surface area (Å²) in [6.45, 7) is 7.65. The fraction of sp³-hybridized carbons (Fsp3) is 0.500. The minimum absolute atomic E-state index is 0.331. The molecule has 0 aromatic carbocycles. The van der Waals surface area contributed by atoms with Crippen molar-refractivity contribution in [2.24, 2.45) is 5.73 Å². The van der Waals surface area contributed by atoms with E-state index in [1.165, 1.54) is 0 Å². The number of nitrogens with two attached hydrogens (primary N) is 1. The van der Waals surface area contributed by atoms with Crippen LogP contribution in [-0.2, 0) is 0 Å². The number of carbonyl (C=O) groups excluding carboxylic acids is 1. The Labute approximate surface area is 72.2 Å². The maximum absolute atomic E-state index is 10.6. The summed E-state index contributed by atoms with van der Waals surface area (Å²) in [6, 6.07) is 0. The van der Waals surface area contributed by atoms with Crippen LogP contribution in [-0.4, -0.2) is 16.1 Å². The van der Waals surface area contributed by atoms with E-state index in [0.29, 0.717) is 5.69 Å². The van der Waals surface area contributed by atoms with Gasteiger partial charge in [-0.15, -0.1) is 0 Å². The van der Waals surface area contributed by atoms with Crippen LogP contribution in [0.1, 0.15) is 35.6 Å². The second-order valence-electron chi connectivity index (χ2n) is 2.19. The molecule has 3 N–H and O–H groups in total. The first-order valence-electron chi connectivity index (χ1n) is 3.94. The molecule has 68 valence electrons. The molecule has 0 aliphatic heterocycles. The fourth-order valence-electron chi connectivity index (χ4n) is 0.725. The molecule has 1 heterocycles.